The van der Waals surface area contributed by atoms with Gasteiger partial charge < -0.3 is 5.32 Å². The van der Waals surface area contributed by atoms with E-state index in [9.17, 15) is 0 Å². The van der Waals surface area contributed by atoms with E-state index < -0.39 is 0 Å². The number of nitrogens with one attached hydrogen (secondary N) is 1. The molecule has 2 aromatic rings. The lowest BCUT2D eigenvalue weighted by Crippen LogP contribution is -2.04. The Morgan fingerprint density at radius 2 is 2.00 bits per heavy atom. The first-order valence-electron chi connectivity index (χ1n) is 6.75. The quantitative estimate of drug-likeness (QED) is 0.802. The van der Waals surface area contributed by atoms with Gasteiger partial charge in [-0.15, -0.1) is 11.3 Å². The van der Waals surface area contributed by atoms with Gasteiger partial charge in [0.05, 0.1) is 11.1 Å². The standard InChI is InChI=1S/C14H21N3S2/c1-5-7-18-8-11-16-13(15-6-2)12-9(3)10(4)19-14(12)17-11/h5-8H2,1-4H3,(H,15,16,17). The van der Waals surface area contributed by atoms with Crippen LogP contribution in [0, 0.1) is 13.8 Å². The van der Waals surface area contributed by atoms with Crippen molar-refractivity contribution >= 4 is 39.1 Å². The molecule has 0 saturated carbocycles. The topological polar surface area (TPSA) is 37.8 Å². The molecule has 0 amide bonds. The molecule has 0 atom stereocenters. The van der Waals surface area contributed by atoms with E-state index in [1.165, 1.54) is 28.0 Å². The summed E-state index contributed by atoms with van der Waals surface area (Å²) in [6.07, 6.45) is 1.20. The molecule has 0 bridgehead atoms. The summed E-state index contributed by atoms with van der Waals surface area (Å²) in [6, 6.07) is 0. The molecular formula is C14H21N3S2. The fourth-order valence-electron chi connectivity index (χ4n) is 1.96. The summed E-state index contributed by atoms with van der Waals surface area (Å²) >= 11 is 3.68. The zero-order chi connectivity index (χ0) is 13.8. The first-order chi connectivity index (χ1) is 9.17. The lowest BCUT2D eigenvalue weighted by Gasteiger charge is -2.07. The first kappa shape index (κ1) is 14.6. The maximum Gasteiger partial charge on any atom is 0.142 e. The van der Waals surface area contributed by atoms with E-state index >= 15 is 0 Å². The van der Waals surface area contributed by atoms with Gasteiger partial charge in [0.15, 0.2) is 0 Å². The van der Waals surface area contributed by atoms with E-state index in [1.807, 2.05) is 11.8 Å². The Morgan fingerprint density at radius 3 is 2.68 bits per heavy atom. The zero-order valence-corrected chi connectivity index (χ0v) is 13.7. The molecule has 0 spiro atoms. The second-order valence-electron chi connectivity index (χ2n) is 4.53. The molecular weight excluding hydrogens is 274 g/mol. The number of rotatable bonds is 6. The molecule has 1 N–H and O–H groups in total. The van der Waals surface area contributed by atoms with Crippen LogP contribution in [0.1, 0.15) is 36.5 Å². The van der Waals surface area contributed by atoms with Gasteiger partial charge in [-0.1, -0.05) is 6.92 Å². The number of hydrogen-bond donors (Lipinski definition) is 1. The highest BCUT2D eigenvalue weighted by atomic mass is 32.2. The minimum absolute atomic E-state index is 0.891. The Balaban J connectivity index is 2.40. The molecule has 0 aromatic carbocycles. The van der Waals surface area contributed by atoms with Crippen LogP contribution >= 0.6 is 23.1 Å². The third-order valence-corrected chi connectivity index (χ3v) is 5.26. The van der Waals surface area contributed by atoms with Crippen molar-refractivity contribution in [2.24, 2.45) is 0 Å². The third kappa shape index (κ3) is 3.20. The molecule has 0 aliphatic carbocycles. The van der Waals surface area contributed by atoms with Gasteiger partial charge in [0.1, 0.15) is 16.5 Å². The van der Waals surface area contributed by atoms with Gasteiger partial charge in [-0.2, -0.15) is 11.8 Å². The molecule has 3 nitrogen and oxygen atoms in total. The highest BCUT2D eigenvalue weighted by Gasteiger charge is 2.13. The van der Waals surface area contributed by atoms with E-state index in [0.717, 1.165) is 28.8 Å². The van der Waals surface area contributed by atoms with E-state index in [2.05, 4.69) is 33.0 Å². The Labute approximate surface area is 123 Å². The summed E-state index contributed by atoms with van der Waals surface area (Å²) in [4.78, 5) is 11.9. The second kappa shape index (κ2) is 6.57. The predicted molar refractivity (Wildman–Crippen MR) is 87.5 cm³/mol. The number of nitrogens with zero attached hydrogens (tertiary/aromatic N) is 2. The molecule has 19 heavy (non-hydrogen) atoms. The minimum Gasteiger partial charge on any atom is -0.370 e. The fourth-order valence-corrected chi connectivity index (χ4v) is 3.75. The number of aryl methyl sites for hydroxylation is 2. The number of anilines is 1. The SMILES string of the molecule is CCCSCc1nc(NCC)c2c(C)c(C)sc2n1. The van der Waals surface area contributed by atoms with Crippen LogP contribution in [0.25, 0.3) is 10.2 Å². The molecule has 2 aromatic heterocycles. The molecule has 0 radical (unpaired) electrons. The van der Waals surface area contributed by atoms with Gasteiger partial charge in [-0.25, -0.2) is 9.97 Å². The van der Waals surface area contributed by atoms with Crippen molar-refractivity contribution in [2.75, 3.05) is 17.6 Å². The monoisotopic (exact) mass is 295 g/mol. The average Bonchev–Trinajstić information content (AvgIpc) is 2.66. The summed E-state index contributed by atoms with van der Waals surface area (Å²) in [7, 11) is 0. The molecule has 5 heteroatoms. The second-order valence-corrected chi connectivity index (χ2v) is 6.84. The van der Waals surface area contributed by atoms with Gasteiger partial charge in [-0.05, 0) is 38.5 Å². The van der Waals surface area contributed by atoms with Gasteiger partial charge in [0.25, 0.3) is 0 Å². The van der Waals surface area contributed by atoms with Crippen LogP contribution in [0.5, 0.6) is 0 Å². The molecule has 2 heterocycles. The predicted octanol–water partition coefficient (Wildman–Crippen LogP) is 4.38. The average molecular weight is 295 g/mol. The van der Waals surface area contributed by atoms with E-state index in [-0.39, 0.29) is 0 Å². The van der Waals surface area contributed by atoms with E-state index in [4.69, 9.17) is 9.97 Å². The van der Waals surface area contributed by atoms with E-state index in [1.54, 1.807) is 11.3 Å². The van der Waals surface area contributed by atoms with Crippen molar-refractivity contribution in [3.05, 3.63) is 16.3 Å². The Bertz CT molecular complexity index is 563. The highest BCUT2D eigenvalue weighted by Crippen LogP contribution is 2.33. The van der Waals surface area contributed by atoms with Crippen LogP contribution in [0.2, 0.25) is 0 Å². The highest BCUT2D eigenvalue weighted by molar-refractivity contribution is 7.98. The summed E-state index contributed by atoms with van der Waals surface area (Å²) in [5, 5.41) is 4.58. The summed E-state index contributed by atoms with van der Waals surface area (Å²) in [5.74, 6) is 4.02. The summed E-state index contributed by atoms with van der Waals surface area (Å²) in [6.45, 7) is 9.51. The van der Waals surface area contributed by atoms with Crippen molar-refractivity contribution in [3.8, 4) is 0 Å². The third-order valence-electron chi connectivity index (χ3n) is 3.00. The maximum atomic E-state index is 4.72. The molecule has 0 fully saturated rings. The number of fused-ring (bicyclic) bond motifs is 1. The van der Waals surface area contributed by atoms with Crippen molar-refractivity contribution in [1.82, 2.24) is 9.97 Å². The van der Waals surface area contributed by atoms with Crippen LogP contribution in [0.15, 0.2) is 0 Å². The van der Waals surface area contributed by atoms with Gasteiger partial charge in [0.2, 0.25) is 0 Å². The largest absolute Gasteiger partial charge is 0.370 e. The molecule has 0 unspecified atom stereocenters. The van der Waals surface area contributed by atoms with Crippen molar-refractivity contribution in [3.63, 3.8) is 0 Å². The normalized spacial score (nSPS) is 11.2. The smallest absolute Gasteiger partial charge is 0.142 e. The number of thiophene rings is 1. The number of thioether (sulfide) groups is 1. The van der Waals surface area contributed by atoms with Crippen LogP contribution in [-0.2, 0) is 5.75 Å². The lowest BCUT2D eigenvalue weighted by molar-refractivity contribution is 1.05. The molecule has 0 aliphatic rings. The molecule has 104 valence electrons. The Morgan fingerprint density at radius 1 is 1.21 bits per heavy atom. The van der Waals surface area contributed by atoms with Gasteiger partial charge in [-0.3, -0.25) is 0 Å². The van der Waals surface area contributed by atoms with Crippen molar-refractivity contribution in [1.29, 1.82) is 0 Å². The van der Waals surface area contributed by atoms with Crippen LogP contribution in [0.4, 0.5) is 5.82 Å². The summed E-state index contributed by atoms with van der Waals surface area (Å²) < 4.78 is 0. The van der Waals surface area contributed by atoms with Gasteiger partial charge >= 0.3 is 0 Å². The first-order valence-corrected chi connectivity index (χ1v) is 8.72. The van der Waals surface area contributed by atoms with Crippen LogP contribution < -0.4 is 5.32 Å². The zero-order valence-electron chi connectivity index (χ0n) is 12.0. The van der Waals surface area contributed by atoms with Crippen LogP contribution in [-0.4, -0.2) is 22.3 Å². The van der Waals surface area contributed by atoms with E-state index in [0.29, 0.717) is 0 Å². The molecule has 0 aliphatic heterocycles. The fraction of sp³-hybridized carbons (Fsp3) is 0.571. The molecule has 2 rings (SSSR count). The maximum absolute atomic E-state index is 4.72. The Kier molecular flexibility index (Phi) is 5.05. The number of aromatic nitrogens is 2. The summed E-state index contributed by atoms with van der Waals surface area (Å²) in [5.41, 5.74) is 1.31. The molecule has 0 saturated heterocycles. The van der Waals surface area contributed by atoms with Crippen molar-refractivity contribution < 1.29 is 0 Å². The Hall–Kier alpha value is -0.810. The lowest BCUT2D eigenvalue weighted by atomic mass is 10.2. The van der Waals surface area contributed by atoms with Crippen molar-refractivity contribution in [2.45, 2.75) is 39.9 Å². The van der Waals surface area contributed by atoms with Crippen LogP contribution in [0.3, 0.4) is 0 Å². The number of hydrogen-bond acceptors (Lipinski definition) is 5. The minimum atomic E-state index is 0.891. The van der Waals surface area contributed by atoms with Gasteiger partial charge in [0, 0.05) is 11.4 Å².